The van der Waals surface area contributed by atoms with Gasteiger partial charge in [-0.05, 0) is 30.4 Å². The molecule has 86 valence electrons. The first-order chi connectivity index (χ1) is 7.70. The molecule has 2 rings (SSSR count). The lowest BCUT2D eigenvalue weighted by molar-refractivity contribution is -0.141. The molecule has 2 atom stereocenters. The molecule has 0 amide bonds. The van der Waals surface area contributed by atoms with E-state index < -0.39 is 5.97 Å². The molecular formula is C12H15NO2S. The minimum atomic E-state index is -0.698. The van der Waals surface area contributed by atoms with Crippen molar-refractivity contribution >= 4 is 17.7 Å². The predicted molar refractivity (Wildman–Crippen MR) is 64.7 cm³/mol. The first-order valence-electron chi connectivity index (χ1n) is 5.31. The molecule has 1 aliphatic heterocycles. The van der Waals surface area contributed by atoms with Gasteiger partial charge in [-0.3, -0.25) is 4.79 Å². The van der Waals surface area contributed by atoms with E-state index in [1.807, 2.05) is 12.3 Å². The van der Waals surface area contributed by atoms with Crippen LogP contribution in [0.3, 0.4) is 0 Å². The SMILES string of the molecule is CSc1cccc(C2CC(C(=O)O)CN2)c1. The fourth-order valence-electron chi connectivity index (χ4n) is 2.04. The fourth-order valence-corrected chi connectivity index (χ4v) is 2.50. The molecule has 0 spiro atoms. The van der Waals surface area contributed by atoms with Crippen molar-refractivity contribution < 1.29 is 9.90 Å². The van der Waals surface area contributed by atoms with Crippen LogP contribution in [0.1, 0.15) is 18.0 Å². The number of hydrogen-bond donors (Lipinski definition) is 2. The number of carboxylic acid groups (broad SMARTS) is 1. The van der Waals surface area contributed by atoms with Gasteiger partial charge in [-0.25, -0.2) is 0 Å². The maximum atomic E-state index is 10.9. The molecule has 1 fully saturated rings. The molecule has 4 heteroatoms. The average molecular weight is 237 g/mol. The third kappa shape index (κ3) is 2.39. The van der Waals surface area contributed by atoms with E-state index in [0.717, 1.165) is 0 Å². The maximum absolute atomic E-state index is 10.9. The van der Waals surface area contributed by atoms with Gasteiger partial charge in [0, 0.05) is 17.5 Å². The summed E-state index contributed by atoms with van der Waals surface area (Å²) in [7, 11) is 0. The number of carbonyl (C=O) groups is 1. The highest BCUT2D eigenvalue weighted by molar-refractivity contribution is 7.98. The van der Waals surface area contributed by atoms with Crippen molar-refractivity contribution in [1.29, 1.82) is 0 Å². The van der Waals surface area contributed by atoms with Gasteiger partial charge in [0.1, 0.15) is 0 Å². The summed E-state index contributed by atoms with van der Waals surface area (Å²) >= 11 is 1.70. The Morgan fingerprint density at radius 3 is 3.00 bits per heavy atom. The minimum absolute atomic E-state index is 0.188. The van der Waals surface area contributed by atoms with Gasteiger partial charge in [-0.2, -0.15) is 0 Å². The van der Waals surface area contributed by atoms with Crippen LogP contribution in [0.15, 0.2) is 29.2 Å². The Balaban J connectivity index is 2.11. The minimum Gasteiger partial charge on any atom is -0.481 e. The average Bonchev–Trinajstić information content (AvgIpc) is 2.78. The largest absolute Gasteiger partial charge is 0.481 e. The molecule has 1 aliphatic rings. The Hall–Kier alpha value is -1.00. The second-order valence-electron chi connectivity index (χ2n) is 4.01. The molecule has 3 nitrogen and oxygen atoms in total. The van der Waals surface area contributed by atoms with E-state index in [-0.39, 0.29) is 12.0 Å². The van der Waals surface area contributed by atoms with Gasteiger partial charge in [-0.15, -0.1) is 11.8 Å². The normalized spacial score (nSPS) is 24.6. The van der Waals surface area contributed by atoms with E-state index in [1.54, 1.807) is 11.8 Å². The van der Waals surface area contributed by atoms with E-state index in [2.05, 4.69) is 23.5 Å². The standard InChI is InChI=1S/C12H15NO2S/c1-16-10-4-2-3-8(5-10)11-6-9(7-13-11)12(14)15/h2-5,9,11,13H,6-7H2,1H3,(H,14,15). The molecule has 1 aromatic rings. The molecule has 0 aromatic heterocycles. The van der Waals surface area contributed by atoms with Crippen LogP contribution in [-0.4, -0.2) is 23.9 Å². The molecule has 2 N–H and O–H groups in total. The van der Waals surface area contributed by atoms with E-state index in [1.165, 1.54) is 10.5 Å². The first-order valence-corrected chi connectivity index (χ1v) is 6.53. The van der Waals surface area contributed by atoms with Crippen molar-refractivity contribution in [3.05, 3.63) is 29.8 Å². The summed E-state index contributed by atoms with van der Waals surface area (Å²) in [6, 6.07) is 8.47. The molecule has 1 heterocycles. The lowest BCUT2D eigenvalue weighted by Gasteiger charge is -2.11. The zero-order valence-corrected chi connectivity index (χ0v) is 9.96. The summed E-state index contributed by atoms with van der Waals surface area (Å²) in [6.07, 6.45) is 2.73. The third-order valence-corrected chi connectivity index (χ3v) is 3.70. The van der Waals surface area contributed by atoms with Crippen LogP contribution >= 0.6 is 11.8 Å². The molecular weight excluding hydrogens is 222 g/mol. The quantitative estimate of drug-likeness (QED) is 0.791. The number of aliphatic carboxylic acids is 1. The van der Waals surface area contributed by atoms with Crippen molar-refractivity contribution in [2.24, 2.45) is 5.92 Å². The highest BCUT2D eigenvalue weighted by atomic mass is 32.2. The fraction of sp³-hybridized carbons (Fsp3) is 0.417. The predicted octanol–water partition coefficient (Wildman–Crippen LogP) is 2.14. The smallest absolute Gasteiger partial charge is 0.307 e. The van der Waals surface area contributed by atoms with Crippen molar-refractivity contribution in [2.45, 2.75) is 17.4 Å². The number of thioether (sulfide) groups is 1. The second-order valence-corrected chi connectivity index (χ2v) is 4.89. The Morgan fingerprint density at radius 1 is 1.56 bits per heavy atom. The van der Waals surface area contributed by atoms with E-state index in [9.17, 15) is 4.79 Å². The Bertz CT molecular complexity index is 394. The summed E-state index contributed by atoms with van der Waals surface area (Å²) in [4.78, 5) is 12.1. The summed E-state index contributed by atoms with van der Waals surface area (Å²) in [6.45, 7) is 0.573. The summed E-state index contributed by atoms with van der Waals surface area (Å²) < 4.78 is 0. The van der Waals surface area contributed by atoms with Gasteiger partial charge >= 0.3 is 5.97 Å². The van der Waals surface area contributed by atoms with Crippen LogP contribution in [-0.2, 0) is 4.79 Å². The monoisotopic (exact) mass is 237 g/mol. The van der Waals surface area contributed by atoms with E-state index in [4.69, 9.17) is 5.11 Å². The molecule has 0 aliphatic carbocycles. The first kappa shape index (κ1) is 11.5. The Labute approximate surface area is 99.2 Å². The van der Waals surface area contributed by atoms with Crippen LogP contribution in [0.4, 0.5) is 0 Å². The van der Waals surface area contributed by atoms with Gasteiger partial charge in [0.05, 0.1) is 5.92 Å². The highest BCUT2D eigenvalue weighted by Crippen LogP contribution is 2.29. The number of carboxylic acids is 1. The highest BCUT2D eigenvalue weighted by Gasteiger charge is 2.29. The van der Waals surface area contributed by atoms with Crippen molar-refractivity contribution in [3.8, 4) is 0 Å². The van der Waals surface area contributed by atoms with Crippen molar-refractivity contribution in [3.63, 3.8) is 0 Å². The zero-order valence-electron chi connectivity index (χ0n) is 9.14. The molecule has 16 heavy (non-hydrogen) atoms. The second kappa shape index (κ2) is 4.89. The van der Waals surface area contributed by atoms with Gasteiger partial charge in [0.15, 0.2) is 0 Å². The van der Waals surface area contributed by atoms with Gasteiger partial charge in [0.25, 0.3) is 0 Å². The van der Waals surface area contributed by atoms with E-state index in [0.29, 0.717) is 13.0 Å². The van der Waals surface area contributed by atoms with Crippen LogP contribution in [0.5, 0.6) is 0 Å². The van der Waals surface area contributed by atoms with Crippen LogP contribution in [0.25, 0.3) is 0 Å². The maximum Gasteiger partial charge on any atom is 0.307 e. The number of rotatable bonds is 3. The van der Waals surface area contributed by atoms with Gasteiger partial charge < -0.3 is 10.4 Å². The molecule has 0 radical (unpaired) electrons. The van der Waals surface area contributed by atoms with E-state index >= 15 is 0 Å². The number of benzene rings is 1. The lowest BCUT2D eigenvalue weighted by atomic mass is 10.0. The summed E-state index contributed by atoms with van der Waals surface area (Å²) in [5, 5.41) is 12.2. The number of nitrogens with one attached hydrogen (secondary N) is 1. The molecule has 0 bridgehead atoms. The number of hydrogen-bond acceptors (Lipinski definition) is 3. The van der Waals surface area contributed by atoms with Crippen molar-refractivity contribution in [2.75, 3.05) is 12.8 Å². The van der Waals surface area contributed by atoms with Crippen molar-refractivity contribution in [1.82, 2.24) is 5.32 Å². The molecule has 1 saturated heterocycles. The van der Waals surface area contributed by atoms with Crippen LogP contribution in [0, 0.1) is 5.92 Å². The van der Waals surface area contributed by atoms with Crippen LogP contribution in [0.2, 0.25) is 0 Å². The third-order valence-electron chi connectivity index (χ3n) is 2.98. The van der Waals surface area contributed by atoms with Crippen LogP contribution < -0.4 is 5.32 Å². The molecule has 2 unspecified atom stereocenters. The zero-order chi connectivity index (χ0) is 11.5. The Kier molecular flexibility index (Phi) is 3.51. The summed E-state index contributed by atoms with van der Waals surface area (Å²) in [5.74, 6) is -0.945. The summed E-state index contributed by atoms with van der Waals surface area (Å²) in [5.41, 5.74) is 1.19. The molecule has 1 aromatic carbocycles. The Morgan fingerprint density at radius 2 is 2.38 bits per heavy atom. The molecule has 0 saturated carbocycles. The van der Waals surface area contributed by atoms with Gasteiger partial charge in [-0.1, -0.05) is 12.1 Å². The lowest BCUT2D eigenvalue weighted by Crippen LogP contribution is -2.17. The topological polar surface area (TPSA) is 49.3 Å². The van der Waals surface area contributed by atoms with Gasteiger partial charge in [0.2, 0.25) is 0 Å².